The first-order valence-electron chi connectivity index (χ1n) is 8.47. The van der Waals surface area contributed by atoms with Gasteiger partial charge < -0.3 is 19.7 Å². The van der Waals surface area contributed by atoms with Gasteiger partial charge in [0, 0.05) is 31.8 Å². The molecule has 0 radical (unpaired) electrons. The Kier molecular flexibility index (Phi) is 7.63. The third-order valence-electron chi connectivity index (χ3n) is 3.87. The van der Waals surface area contributed by atoms with Gasteiger partial charge in [0.1, 0.15) is 5.60 Å². The van der Waals surface area contributed by atoms with Crippen molar-refractivity contribution in [3.8, 4) is 0 Å². The molecule has 0 aromatic heterocycles. The van der Waals surface area contributed by atoms with Crippen molar-refractivity contribution in [2.45, 2.75) is 84.0 Å². The number of ether oxygens (including phenoxy) is 2. The van der Waals surface area contributed by atoms with Crippen LogP contribution in [0.25, 0.3) is 0 Å². The van der Waals surface area contributed by atoms with E-state index in [9.17, 15) is 4.79 Å². The van der Waals surface area contributed by atoms with Crippen LogP contribution >= 0.6 is 0 Å². The zero-order valence-electron chi connectivity index (χ0n) is 15.1. The lowest BCUT2D eigenvalue weighted by Crippen LogP contribution is -2.49. The molecule has 0 aromatic rings. The second-order valence-corrected chi connectivity index (χ2v) is 7.48. The molecule has 1 fully saturated rings. The third-order valence-corrected chi connectivity index (χ3v) is 3.87. The van der Waals surface area contributed by atoms with Crippen molar-refractivity contribution in [2.75, 3.05) is 20.3 Å². The van der Waals surface area contributed by atoms with Crippen molar-refractivity contribution < 1.29 is 14.3 Å². The van der Waals surface area contributed by atoms with Crippen LogP contribution in [0.1, 0.15) is 60.3 Å². The van der Waals surface area contributed by atoms with E-state index in [0.717, 1.165) is 25.8 Å². The molecule has 1 rings (SSSR count). The zero-order chi connectivity index (χ0) is 16.8. The Hall–Kier alpha value is -0.810. The number of hydrogen-bond donors (Lipinski definition) is 1. The predicted molar refractivity (Wildman–Crippen MR) is 89.1 cm³/mol. The topological polar surface area (TPSA) is 50.8 Å². The van der Waals surface area contributed by atoms with Crippen LogP contribution in [0, 0.1) is 0 Å². The van der Waals surface area contributed by atoms with Gasteiger partial charge in [-0.25, -0.2) is 4.79 Å². The van der Waals surface area contributed by atoms with E-state index in [-0.39, 0.29) is 12.1 Å². The van der Waals surface area contributed by atoms with E-state index in [1.54, 1.807) is 7.11 Å². The monoisotopic (exact) mass is 314 g/mol. The summed E-state index contributed by atoms with van der Waals surface area (Å²) < 4.78 is 10.7. The first-order valence-corrected chi connectivity index (χ1v) is 8.47. The first-order chi connectivity index (χ1) is 10.2. The van der Waals surface area contributed by atoms with E-state index in [0.29, 0.717) is 18.7 Å². The van der Waals surface area contributed by atoms with Crippen molar-refractivity contribution in [1.29, 1.82) is 0 Å². The number of likely N-dealkylation sites (tertiary alicyclic amines) is 1. The summed E-state index contributed by atoms with van der Waals surface area (Å²) >= 11 is 0. The number of methoxy groups -OCH3 is 1. The number of carbonyl (C=O) groups excluding carboxylic acids is 1. The van der Waals surface area contributed by atoms with Crippen LogP contribution in [0.2, 0.25) is 0 Å². The smallest absolute Gasteiger partial charge is 0.410 e. The molecule has 22 heavy (non-hydrogen) atoms. The highest BCUT2D eigenvalue weighted by Gasteiger charge is 2.31. The Morgan fingerprint density at radius 3 is 2.55 bits per heavy atom. The lowest BCUT2D eigenvalue weighted by Gasteiger charge is -2.38. The molecule has 1 heterocycles. The lowest BCUT2D eigenvalue weighted by molar-refractivity contribution is 0.00766. The van der Waals surface area contributed by atoms with E-state index < -0.39 is 5.60 Å². The highest BCUT2D eigenvalue weighted by atomic mass is 16.6. The van der Waals surface area contributed by atoms with Gasteiger partial charge in [-0.1, -0.05) is 0 Å². The third kappa shape index (κ3) is 6.97. The van der Waals surface area contributed by atoms with E-state index in [2.05, 4.69) is 19.2 Å². The highest BCUT2D eigenvalue weighted by molar-refractivity contribution is 5.68. The van der Waals surface area contributed by atoms with Crippen LogP contribution in [-0.4, -0.2) is 55.0 Å². The number of nitrogens with one attached hydrogen (secondary N) is 1. The van der Waals surface area contributed by atoms with E-state index in [4.69, 9.17) is 9.47 Å². The van der Waals surface area contributed by atoms with Crippen LogP contribution in [0.15, 0.2) is 0 Å². The summed E-state index contributed by atoms with van der Waals surface area (Å²) in [5.74, 6) is 0. The average molecular weight is 314 g/mol. The minimum absolute atomic E-state index is 0.172. The summed E-state index contributed by atoms with van der Waals surface area (Å²) in [7, 11) is 1.72. The van der Waals surface area contributed by atoms with Gasteiger partial charge in [0.2, 0.25) is 0 Å². The molecule has 5 heteroatoms. The SMILES string of the molecule is COCC(C)NC(C)CC1CCCCN1C(=O)OC(C)(C)C. The number of carbonyl (C=O) groups is 1. The maximum atomic E-state index is 12.4. The summed E-state index contributed by atoms with van der Waals surface area (Å²) in [5, 5.41) is 3.53. The van der Waals surface area contributed by atoms with Crippen molar-refractivity contribution >= 4 is 6.09 Å². The van der Waals surface area contributed by atoms with Gasteiger partial charge in [-0.15, -0.1) is 0 Å². The zero-order valence-corrected chi connectivity index (χ0v) is 15.1. The Labute approximate surface area is 135 Å². The van der Waals surface area contributed by atoms with Crippen molar-refractivity contribution in [1.82, 2.24) is 10.2 Å². The molecule has 1 amide bonds. The van der Waals surface area contributed by atoms with Crippen LogP contribution in [0.3, 0.4) is 0 Å². The normalized spacial score (nSPS) is 22.3. The largest absolute Gasteiger partial charge is 0.444 e. The van der Waals surface area contributed by atoms with Crippen molar-refractivity contribution in [2.24, 2.45) is 0 Å². The van der Waals surface area contributed by atoms with Crippen LogP contribution in [0.5, 0.6) is 0 Å². The standard InChI is InChI=1S/C17H34N2O3/c1-13(18-14(2)12-21-6)11-15-9-7-8-10-19(15)16(20)22-17(3,4)5/h13-15,18H,7-12H2,1-6H3. The van der Waals surface area contributed by atoms with Crippen LogP contribution in [0.4, 0.5) is 4.79 Å². The molecule has 0 aliphatic carbocycles. The number of nitrogens with zero attached hydrogens (tertiary/aromatic N) is 1. The Morgan fingerprint density at radius 2 is 1.95 bits per heavy atom. The number of hydrogen-bond acceptors (Lipinski definition) is 4. The quantitative estimate of drug-likeness (QED) is 0.818. The molecule has 3 unspecified atom stereocenters. The fraction of sp³-hybridized carbons (Fsp3) is 0.941. The molecular formula is C17H34N2O3. The van der Waals surface area contributed by atoms with Crippen molar-refractivity contribution in [3.63, 3.8) is 0 Å². The predicted octanol–water partition coefficient (Wildman–Crippen LogP) is 3.18. The molecule has 1 saturated heterocycles. The fourth-order valence-corrected chi connectivity index (χ4v) is 3.07. The maximum absolute atomic E-state index is 12.4. The molecule has 130 valence electrons. The van der Waals surface area contributed by atoms with Gasteiger partial charge in [0.25, 0.3) is 0 Å². The van der Waals surface area contributed by atoms with E-state index in [1.165, 1.54) is 6.42 Å². The molecular weight excluding hydrogens is 280 g/mol. The van der Waals surface area contributed by atoms with Gasteiger partial charge in [0.05, 0.1) is 6.61 Å². The van der Waals surface area contributed by atoms with Gasteiger partial charge >= 0.3 is 6.09 Å². The second kappa shape index (κ2) is 8.73. The summed E-state index contributed by atoms with van der Waals surface area (Å²) in [6.45, 7) is 11.5. The highest BCUT2D eigenvalue weighted by Crippen LogP contribution is 2.23. The fourth-order valence-electron chi connectivity index (χ4n) is 3.07. The summed E-state index contributed by atoms with van der Waals surface area (Å²) in [6, 6.07) is 0.928. The molecule has 3 atom stereocenters. The van der Waals surface area contributed by atoms with Gasteiger partial charge in [-0.05, 0) is 60.3 Å². The molecule has 1 N–H and O–H groups in total. The van der Waals surface area contributed by atoms with Gasteiger partial charge in [-0.3, -0.25) is 0 Å². The number of piperidine rings is 1. The van der Waals surface area contributed by atoms with Crippen LogP contribution < -0.4 is 5.32 Å². The Bertz CT molecular complexity index is 341. The summed E-state index contributed by atoms with van der Waals surface area (Å²) in [5.41, 5.74) is -0.435. The molecule has 0 aromatic carbocycles. The summed E-state index contributed by atoms with van der Waals surface area (Å²) in [4.78, 5) is 14.3. The molecule has 1 aliphatic rings. The Balaban J connectivity index is 2.56. The molecule has 0 spiro atoms. The average Bonchev–Trinajstić information content (AvgIpc) is 2.37. The van der Waals surface area contributed by atoms with Crippen LogP contribution in [-0.2, 0) is 9.47 Å². The molecule has 0 bridgehead atoms. The number of amides is 1. The molecule has 5 nitrogen and oxygen atoms in total. The lowest BCUT2D eigenvalue weighted by atomic mass is 9.96. The van der Waals surface area contributed by atoms with Crippen molar-refractivity contribution in [3.05, 3.63) is 0 Å². The molecule has 0 saturated carbocycles. The van der Waals surface area contributed by atoms with E-state index in [1.807, 2.05) is 25.7 Å². The van der Waals surface area contributed by atoms with E-state index >= 15 is 0 Å². The van der Waals surface area contributed by atoms with Gasteiger partial charge in [0.15, 0.2) is 0 Å². The minimum atomic E-state index is -0.435. The second-order valence-electron chi connectivity index (χ2n) is 7.48. The summed E-state index contributed by atoms with van der Waals surface area (Å²) in [6.07, 6.45) is 4.09. The molecule has 1 aliphatic heterocycles. The minimum Gasteiger partial charge on any atom is -0.444 e. The van der Waals surface area contributed by atoms with Gasteiger partial charge in [-0.2, -0.15) is 0 Å². The Morgan fingerprint density at radius 1 is 1.27 bits per heavy atom. The number of rotatable bonds is 6. The maximum Gasteiger partial charge on any atom is 0.410 e. The first kappa shape index (κ1) is 19.2.